The standard InChI is InChI=1S/C10H13BrN2O/c1-8-4-12-9(14)13(5-8)7-10(6-11)2-3-10/h4-5H,2-3,6-7H2,1H3. The lowest BCUT2D eigenvalue weighted by Gasteiger charge is -2.13. The van der Waals surface area contributed by atoms with Crippen LogP contribution in [0.3, 0.4) is 0 Å². The maximum absolute atomic E-state index is 11.4. The molecule has 0 spiro atoms. The van der Waals surface area contributed by atoms with Gasteiger partial charge in [-0.3, -0.25) is 4.57 Å². The quantitative estimate of drug-likeness (QED) is 0.773. The minimum Gasteiger partial charge on any atom is -0.298 e. The second-order valence-electron chi connectivity index (χ2n) is 4.18. The van der Waals surface area contributed by atoms with Crippen molar-refractivity contribution >= 4 is 15.9 Å². The van der Waals surface area contributed by atoms with Crippen LogP contribution >= 0.6 is 15.9 Å². The third kappa shape index (κ3) is 1.90. The molecule has 3 nitrogen and oxygen atoms in total. The summed E-state index contributed by atoms with van der Waals surface area (Å²) in [5, 5.41) is 0.973. The number of nitrogens with zero attached hydrogens (tertiary/aromatic N) is 2. The summed E-state index contributed by atoms with van der Waals surface area (Å²) in [6.45, 7) is 2.75. The van der Waals surface area contributed by atoms with Crippen molar-refractivity contribution in [3.8, 4) is 0 Å². The highest BCUT2D eigenvalue weighted by Gasteiger charge is 2.41. The minimum atomic E-state index is -0.136. The van der Waals surface area contributed by atoms with Crippen molar-refractivity contribution in [2.24, 2.45) is 5.41 Å². The molecule has 0 saturated heterocycles. The topological polar surface area (TPSA) is 34.9 Å². The lowest BCUT2D eigenvalue weighted by Crippen LogP contribution is -2.27. The Balaban J connectivity index is 2.24. The fourth-order valence-electron chi connectivity index (χ4n) is 1.55. The molecule has 0 unspecified atom stereocenters. The molecule has 1 heterocycles. The largest absolute Gasteiger partial charge is 0.347 e. The number of hydrogen-bond acceptors (Lipinski definition) is 2. The molecular formula is C10H13BrN2O. The molecular weight excluding hydrogens is 244 g/mol. The van der Waals surface area contributed by atoms with Gasteiger partial charge in [0.2, 0.25) is 0 Å². The van der Waals surface area contributed by atoms with Gasteiger partial charge in [0.1, 0.15) is 0 Å². The van der Waals surface area contributed by atoms with Crippen LogP contribution in [-0.4, -0.2) is 14.9 Å². The van der Waals surface area contributed by atoms with E-state index >= 15 is 0 Å². The van der Waals surface area contributed by atoms with Crippen molar-refractivity contribution in [2.45, 2.75) is 26.3 Å². The zero-order valence-corrected chi connectivity index (χ0v) is 9.75. The predicted molar refractivity (Wildman–Crippen MR) is 58.7 cm³/mol. The van der Waals surface area contributed by atoms with E-state index in [4.69, 9.17) is 0 Å². The Hall–Kier alpha value is -0.640. The van der Waals surface area contributed by atoms with Gasteiger partial charge in [0.15, 0.2) is 0 Å². The van der Waals surface area contributed by atoms with Gasteiger partial charge < -0.3 is 0 Å². The normalized spacial score (nSPS) is 18.1. The summed E-state index contributed by atoms with van der Waals surface area (Å²) in [5.74, 6) is 0. The van der Waals surface area contributed by atoms with Crippen molar-refractivity contribution in [1.29, 1.82) is 0 Å². The summed E-state index contributed by atoms with van der Waals surface area (Å²) in [6, 6.07) is 0. The molecule has 1 aliphatic carbocycles. The third-order valence-electron chi connectivity index (χ3n) is 2.73. The van der Waals surface area contributed by atoms with E-state index in [2.05, 4.69) is 20.9 Å². The van der Waals surface area contributed by atoms with Crippen molar-refractivity contribution in [1.82, 2.24) is 9.55 Å². The average Bonchev–Trinajstić information content (AvgIpc) is 2.92. The van der Waals surface area contributed by atoms with Gasteiger partial charge in [-0.2, -0.15) is 0 Å². The monoisotopic (exact) mass is 256 g/mol. The first kappa shape index (κ1) is 9.90. The highest BCUT2D eigenvalue weighted by atomic mass is 79.9. The van der Waals surface area contributed by atoms with E-state index in [0.717, 1.165) is 17.4 Å². The first-order chi connectivity index (χ1) is 6.65. The Morgan fingerprint density at radius 1 is 1.64 bits per heavy atom. The van der Waals surface area contributed by atoms with Crippen molar-refractivity contribution in [3.05, 3.63) is 28.4 Å². The van der Waals surface area contributed by atoms with E-state index in [1.165, 1.54) is 12.8 Å². The van der Waals surface area contributed by atoms with Crippen LogP contribution in [0.15, 0.2) is 17.2 Å². The van der Waals surface area contributed by atoms with Gasteiger partial charge in [-0.1, -0.05) is 15.9 Å². The van der Waals surface area contributed by atoms with Crippen LogP contribution in [0, 0.1) is 12.3 Å². The van der Waals surface area contributed by atoms with Gasteiger partial charge in [-0.05, 0) is 30.7 Å². The second kappa shape index (κ2) is 3.50. The second-order valence-corrected chi connectivity index (χ2v) is 4.74. The van der Waals surface area contributed by atoms with E-state index in [0.29, 0.717) is 5.41 Å². The highest BCUT2D eigenvalue weighted by molar-refractivity contribution is 9.09. The van der Waals surface area contributed by atoms with E-state index in [-0.39, 0.29) is 5.69 Å². The third-order valence-corrected chi connectivity index (χ3v) is 3.92. The van der Waals surface area contributed by atoms with Gasteiger partial charge >= 0.3 is 5.69 Å². The summed E-state index contributed by atoms with van der Waals surface area (Å²) in [7, 11) is 0. The molecule has 1 aromatic rings. The van der Waals surface area contributed by atoms with E-state index < -0.39 is 0 Å². The maximum Gasteiger partial charge on any atom is 0.347 e. The van der Waals surface area contributed by atoms with Gasteiger partial charge in [-0.15, -0.1) is 0 Å². The van der Waals surface area contributed by atoms with Gasteiger partial charge in [0.05, 0.1) is 0 Å². The minimum absolute atomic E-state index is 0.136. The predicted octanol–water partition coefficient (Wildman–Crippen LogP) is 1.73. The summed E-state index contributed by atoms with van der Waals surface area (Å²) < 4.78 is 1.73. The van der Waals surface area contributed by atoms with Crippen LogP contribution in [-0.2, 0) is 6.54 Å². The number of hydrogen-bond donors (Lipinski definition) is 0. The van der Waals surface area contributed by atoms with Gasteiger partial charge in [0, 0.05) is 24.3 Å². The van der Waals surface area contributed by atoms with Crippen molar-refractivity contribution in [3.63, 3.8) is 0 Å². The molecule has 0 atom stereocenters. The molecule has 4 heteroatoms. The smallest absolute Gasteiger partial charge is 0.298 e. The average molecular weight is 257 g/mol. The molecule has 0 N–H and O–H groups in total. The fraction of sp³-hybridized carbons (Fsp3) is 0.600. The Kier molecular flexibility index (Phi) is 2.47. The first-order valence-electron chi connectivity index (χ1n) is 4.74. The Bertz CT molecular complexity index is 395. The molecule has 1 aromatic heterocycles. The van der Waals surface area contributed by atoms with E-state index in [1.54, 1.807) is 10.8 Å². The summed E-state index contributed by atoms with van der Waals surface area (Å²) in [4.78, 5) is 15.2. The number of aromatic nitrogens is 2. The number of aryl methyl sites for hydroxylation is 1. The molecule has 0 bridgehead atoms. The molecule has 0 amide bonds. The molecule has 1 aliphatic rings. The van der Waals surface area contributed by atoms with Gasteiger partial charge in [0.25, 0.3) is 0 Å². The van der Waals surface area contributed by atoms with Crippen LogP contribution in [0.1, 0.15) is 18.4 Å². The van der Waals surface area contributed by atoms with Crippen LogP contribution < -0.4 is 5.69 Å². The molecule has 1 saturated carbocycles. The Morgan fingerprint density at radius 2 is 2.36 bits per heavy atom. The van der Waals surface area contributed by atoms with Crippen LogP contribution in [0.2, 0.25) is 0 Å². The number of rotatable bonds is 3. The zero-order valence-electron chi connectivity index (χ0n) is 8.16. The lowest BCUT2D eigenvalue weighted by atomic mass is 10.1. The van der Waals surface area contributed by atoms with Crippen LogP contribution in [0.25, 0.3) is 0 Å². The van der Waals surface area contributed by atoms with Gasteiger partial charge in [-0.25, -0.2) is 9.78 Å². The fourth-order valence-corrected chi connectivity index (χ4v) is 2.29. The SMILES string of the molecule is Cc1cnc(=O)n(CC2(CBr)CC2)c1. The molecule has 0 radical (unpaired) electrons. The Labute approximate surface area is 91.3 Å². The molecule has 76 valence electrons. The lowest BCUT2D eigenvalue weighted by molar-refractivity contribution is 0.458. The Morgan fingerprint density at radius 3 is 2.93 bits per heavy atom. The maximum atomic E-state index is 11.4. The number of alkyl halides is 1. The molecule has 2 rings (SSSR count). The summed E-state index contributed by atoms with van der Waals surface area (Å²) in [6.07, 6.45) is 5.92. The first-order valence-corrected chi connectivity index (χ1v) is 5.86. The van der Waals surface area contributed by atoms with Crippen LogP contribution in [0.4, 0.5) is 0 Å². The molecule has 0 aromatic carbocycles. The molecule has 0 aliphatic heterocycles. The zero-order chi connectivity index (χ0) is 10.2. The molecule has 14 heavy (non-hydrogen) atoms. The van der Waals surface area contributed by atoms with E-state index in [1.807, 2.05) is 13.1 Å². The van der Waals surface area contributed by atoms with E-state index in [9.17, 15) is 4.79 Å². The summed E-state index contributed by atoms with van der Waals surface area (Å²) in [5.41, 5.74) is 1.22. The van der Waals surface area contributed by atoms with Crippen LogP contribution in [0.5, 0.6) is 0 Å². The highest BCUT2D eigenvalue weighted by Crippen LogP contribution is 2.48. The molecule has 1 fully saturated rings. The summed E-state index contributed by atoms with van der Waals surface area (Å²) >= 11 is 3.50. The number of halogens is 1. The van der Waals surface area contributed by atoms with Crippen molar-refractivity contribution in [2.75, 3.05) is 5.33 Å². The van der Waals surface area contributed by atoms with Crippen molar-refractivity contribution < 1.29 is 0 Å².